The van der Waals surface area contributed by atoms with Crippen molar-refractivity contribution < 1.29 is 14.3 Å². The SMILES string of the molecule is CC(C)(C)OC(=O)N1CCc2[nH]cc(C(N)=O)c2C1c1ccccc1. The Morgan fingerprint density at radius 1 is 1.24 bits per heavy atom. The quantitative estimate of drug-likeness (QED) is 0.880. The van der Waals surface area contributed by atoms with Crippen LogP contribution >= 0.6 is 0 Å². The minimum atomic E-state index is -0.594. The van der Waals surface area contributed by atoms with Crippen LogP contribution in [0.15, 0.2) is 36.5 Å². The second-order valence-electron chi connectivity index (χ2n) is 7.20. The maximum Gasteiger partial charge on any atom is 0.411 e. The molecular weight excluding hydrogens is 318 g/mol. The molecule has 3 rings (SSSR count). The highest BCUT2D eigenvalue weighted by molar-refractivity contribution is 5.95. The highest BCUT2D eigenvalue weighted by atomic mass is 16.6. The number of hydrogen-bond donors (Lipinski definition) is 2. The Labute approximate surface area is 147 Å². The summed E-state index contributed by atoms with van der Waals surface area (Å²) in [4.78, 5) is 29.5. The highest BCUT2D eigenvalue weighted by Crippen LogP contribution is 2.37. The number of aromatic amines is 1. The second kappa shape index (κ2) is 6.27. The summed E-state index contributed by atoms with van der Waals surface area (Å²) in [6, 6.07) is 9.20. The van der Waals surface area contributed by atoms with Gasteiger partial charge in [0, 0.05) is 30.4 Å². The van der Waals surface area contributed by atoms with Crippen molar-refractivity contribution in [2.75, 3.05) is 6.54 Å². The smallest absolute Gasteiger partial charge is 0.411 e. The highest BCUT2D eigenvalue weighted by Gasteiger charge is 2.37. The fourth-order valence-electron chi connectivity index (χ4n) is 3.22. The van der Waals surface area contributed by atoms with Gasteiger partial charge in [0.05, 0.1) is 11.6 Å². The van der Waals surface area contributed by atoms with Crippen LogP contribution in [-0.2, 0) is 11.2 Å². The summed E-state index contributed by atoms with van der Waals surface area (Å²) in [6.07, 6.45) is 1.84. The Kier molecular flexibility index (Phi) is 4.29. The molecule has 1 aromatic heterocycles. The van der Waals surface area contributed by atoms with E-state index in [0.29, 0.717) is 18.5 Å². The Hall–Kier alpha value is -2.76. The zero-order chi connectivity index (χ0) is 18.2. The summed E-state index contributed by atoms with van der Waals surface area (Å²) in [5.74, 6) is -0.510. The van der Waals surface area contributed by atoms with Crippen molar-refractivity contribution in [3.05, 3.63) is 58.9 Å². The standard InChI is InChI=1S/C19H23N3O3/c1-19(2,3)25-18(24)22-10-9-14-15(13(11-21-14)17(20)23)16(22)12-7-5-4-6-8-12/h4-8,11,16,21H,9-10H2,1-3H3,(H2,20,23). The van der Waals surface area contributed by atoms with Gasteiger partial charge in [-0.3, -0.25) is 9.69 Å². The van der Waals surface area contributed by atoms with Gasteiger partial charge in [0.2, 0.25) is 0 Å². The Bertz CT molecular complexity index is 790. The number of aromatic nitrogens is 1. The molecule has 0 aliphatic carbocycles. The van der Waals surface area contributed by atoms with Crippen molar-refractivity contribution in [3.63, 3.8) is 0 Å². The number of primary amides is 1. The first-order valence-corrected chi connectivity index (χ1v) is 8.32. The third-order valence-electron chi connectivity index (χ3n) is 4.20. The van der Waals surface area contributed by atoms with Crippen LogP contribution < -0.4 is 5.73 Å². The van der Waals surface area contributed by atoms with Crippen molar-refractivity contribution in [1.29, 1.82) is 0 Å². The normalized spacial score (nSPS) is 17.1. The topological polar surface area (TPSA) is 88.4 Å². The number of fused-ring (bicyclic) bond motifs is 1. The molecule has 2 heterocycles. The first kappa shape index (κ1) is 17.1. The van der Waals surface area contributed by atoms with Gasteiger partial charge in [0.15, 0.2) is 0 Å². The van der Waals surface area contributed by atoms with Gasteiger partial charge in [-0.2, -0.15) is 0 Å². The molecule has 1 aliphatic heterocycles. The lowest BCUT2D eigenvalue weighted by Gasteiger charge is -2.37. The van der Waals surface area contributed by atoms with E-state index in [9.17, 15) is 9.59 Å². The van der Waals surface area contributed by atoms with Crippen LogP contribution in [-0.4, -0.2) is 34.0 Å². The molecule has 132 valence electrons. The van der Waals surface area contributed by atoms with E-state index in [1.807, 2.05) is 51.1 Å². The third kappa shape index (κ3) is 3.38. The summed E-state index contributed by atoms with van der Waals surface area (Å²) in [5.41, 5.74) is 7.98. The van der Waals surface area contributed by atoms with Crippen molar-refractivity contribution in [1.82, 2.24) is 9.88 Å². The first-order chi connectivity index (χ1) is 11.8. The van der Waals surface area contributed by atoms with Gasteiger partial charge in [0.25, 0.3) is 5.91 Å². The molecule has 25 heavy (non-hydrogen) atoms. The number of carbonyl (C=O) groups excluding carboxylic acids is 2. The lowest BCUT2D eigenvalue weighted by atomic mass is 9.90. The number of benzene rings is 1. The zero-order valence-corrected chi connectivity index (χ0v) is 14.7. The second-order valence-corrected chi connectivity index (χ2v) is 7.20. The van der Waals surface area contributed by atoms with E-state index < -0.39 is 23.6 Å². The van der Waals surface area contributed by atoms with Crippen LogP contribution in [0.3, 0.4) is 0 Å². The van der Waals surface area contributed by atoms with Crippen LogP contribution in [0.1, 0.15) is 54.0 Å². The van der Waals surface area contributed by atoms with Gasteiger partial charge in [-0.15, -0.1) is 0 Å². The minimum absolute atomic E-state index is 0.399. The zero-order valence-electron chi connectivity index (χ0n) is 14.7. The van der Waals surface area contributed by atoms with E-state index in [0.717, 1.165) is 16.8 Å². The molecule has 1 aromatic carbocycles. The van der Waals surface area contributed by atoms with E-state index in [1.165, 1.54) is 0 Å². The van der Waals surface area contributed by atoms with Gasteiger partial charge in [-0.05, 0) is 26.3 Å². The Balaban J connectivity index is 2.09. The summed E-state index contributed by atoms with van der Waals surface area (Å²) in [7, 11) is 0. The maximum atomic E-state index is 12.8. The molecule has 0 radical (unpaired) electrons. The molecule has 0 fully saturated rings. The predicted molar refractivity (Wildman–Crippen MR) is 94.2 cm³/mol. The largest absolute Gasteiger partial charge is 0.444 e. The van der Waals surface area contributed by atoms with E-state index in [1.54, 1.807) is 11.1 Å². The maximum absolute atomic E-state index is 12.8. The predicted octanol–water partition coefficient (Wildman–Crippen LogP) is 3.00. The fourth-order valence-corrected chi connectivity index (χ4v) is 3.22. The van der Waals surface area contributed by atoms with Crippen LogP contribution in [0.25, 0.3) is 0 Å². The molecule has 2 aromatic rings. The lowest BCUT2D eigenvalue weighted by molar-refractivity contribution is 0.0176. The molecule has 1 aliphatic rings. The first-order valence-electron chi connectivity index (χ1n) is 8.32. The van der Waals surface area contributed by atoms with Gasteiger partial charge >= 0.3 is 6.09 Å². The summed E-state index contributed by atoms with van der Waals surface area (Å²) in [6.45, 7) is 6.01. The summed E-state index contributed by atoms with van der Waals surface area (Å²) in [5, 5.41) is 0. The number of nitrogens with zero attached hydrogens (tertiary/aromatic N) is 1. The average Bonchev–Trinajstić information content (AvgIpc) is 2.97. The van der Waals surface area contributed by atoms with E-state index >= 15 is 0 Å². The third-order valence-corrected chi connectivity index (χ3v) is 4.20. The number of amides is 2. The number of carbonyl (C=O) groups is 2. The lowest BCUT2D eigenvalue weighted by Crippen LogP contribution is -2.43. The van der Waals surface area contributed by atoms with Gasteiger partial charge in [0.1, 0.15) is 5.60 Å². The van der Waals surface area contributed by atoms with Crippen molar-refractivity contribution >= 4 is 12.0 Å². The van der Waals surface area contributed by atoms with Gasteiger partial charge in [-0.1, -0.05) is 30.3 Å². The number of nitrogens with two attached hydrogens (primary N) is 1. The van der Waals surface area contributed by atoms with Gasteiger partial charge < -0.3 is 15.5 Å². The fraction of sp³-hybridized carbons (Fsp3) is 0.368. The number of nitrogens with one attached hydrogen (secondary N) is 1. The molecule has 3 N–H and O–H groups in total. The number of hydrogen-bond acceptors (Lipinski definition) is 3. The Morgan fingerprint density at radius 2 is 1.92 bits per heavy atom. The molecule has 0 bridgehead atoms. The number of H-pyrrole nitrogens is 1. The average molecular weight is 341 g/mol. The van der Waals surface area contributed by atoms with Crippen LogP contribution in [0.2, 0.25) is 0 Å². The van der Waals surface area contributed by atoms with E-state index in [-0.39, 0.29) is 0 Å². The van der Waals surface area contributed by atoms with Crippen LogP contribution in [0.5, 0.6) is 0 Å². The molecule has 0 saturated heterocycles. The summed E-state index contributed by atoms with van der Waals surface area (Å²) >= 11 is 0. The van der Waals surface area contributed by atoms with Gasteiger partial charge in [-0.25, -0.2) is 4.79 Å². The minimum Gasteiger partial charge on any atom is -0.444 e. The van der Waals surface area contributed by atoms with Crippen LogP contribution in [0.4, 0.5) is 4.79 Å². The molecule has 1 atom stereocenters. The monoisotopic (exact) mass is 341 g/mol. The molecule has 6 heteroatoms. The van der Waals surface area contributed by atoms with E-state index in [2.05, 4.69) is 4.98 Å². The number of ether oxygens (including phenoxy) is 1. The van der Waals surface area contributed by atoms with Crippen molar-refractivity contribution in [2.24, 2.45) is 5.73 Å². The summed E-state index contributed by atoms with van der Waals surface area (Å²) < 4.78 is 5.58. The molecule has 0 spiro atoms. The molecular formula is C19H23N3O3. The van der Waals surface area contributed by atoms with Crippen molar-refractivity contribution in [2.45, 2.75) is 38.8 Å². The number of rotatable bonds is 2. The van der Waals surface area contributed by atoms with E-state index in [4.69, 9.17) is 10.5 Å². The molecule has 0 saturated carbocycles. The Morgan fingerprint density at radius 3 is 2.52 bits per heavy atom. The molecule has 6 nitrogen and oxygen atoms in total. The van der Waals surface area contributed by atoms with Crippen LogP contribution in [0, 0.1) is 0 Å². The van der Waals surface area contributed by atoms with Crippen molar-refractivity contribution in [3.8, 4) is 0 Å². The molecule has 2 amide bonds. The molecule has 1 unspecified atom stereocenters.